The molecule has 5 nitrogen and oxygen atoms in total. The van der Waals surface area contributed by atoms with Crippen molar-refractivity contribution in [2.75, 3.05) is 25.0 Å². The van der Waals surface area contributed by atoms with E-state index in [1.165, 1.54) is 0 Å². The van der Waals surface area contributed by atoms with Crippen LogP contribution in [0.3, 0.4) is 0 Å². The van der Waals surface area contributed by atoms with Crippen LogP contribution in [0.4, 0.5) is 10.5 Å². The summed E-state index contributed by atoms with van der Waals surface area (Å²) in [6, 6.07) is 7.04. The number of hydrogen-bond acceptors (Lipinski definition) is 2. The molecule has 0 spiro atoms. The maximum Gasteiger partial charge on any atom is 0.324 e. The first-order valence-corrected chi connectivity index (χ1v) is 7.01. The SMILES string of the molecule is C=CCCCN(C)C(=O)N1CC(C(=O)O)c2ccccc21. The highest BCUT2D eigenvalue weighted by Gasteiger charge is 2.37. The number of rotatable bonds is 5. The smallest absolute Gasteiger partial charge is 0.324 e. The minimum Gasteiger partial charge on any atom is -0.481 e. The Bertz CT molecular complexity index is 556. The number of carboxylic acids is 1. The van der Waals surface area contributed by atoms with Crippen LogP contribution in [0, 0.1) is 0 Å². The number of carbonyl (C=O) groups excluding carboxylic acids is 1. The molecule has 0 bridgehead atoms. The van der Waals surface area contributed by atoms with Gasteiger partial charge >= 0.3 is 12.0 Å². The van der Waals surface area contributed by atoms with Gasteiger partial charge < -0.3 is 10.0 Å². The van der Waals surface area contributed by atoms with E-state index in [1.54, 1.807) is 35.0 Å². The van der Waals surface area contributed by atoms with Gasteiger partial charge in [0, 0.05) is 25.8 Å². The van der Waals surface area contributed by atoms with E-state index in [2.05, 4.69) is 6.58 Å². The number of nitrogens with zero attached hydrogens (tertiary/aromatic N) is 2. The third-order valence-electron chi connectivity index (χ3n) is 3.73. The summed E-state index contributed by atoms with van der Waals surface area (Å²) in [6.45, 7) is 4.48. The minimum atomic E-state index is -0.896. The van der Waals surface area contributed by atoms with Crippen LogP contribution in [0.2, 0.25) is 0 Å². The number of fused-ring (bicyclic) bond motifs is 1. The second-order valence-corrected chi connectivity index (χ2v) is 5.20. The van der Waals surface area contributed by atoms with E-state index >= 15 is 0 Å². The molecule has 2 rings (SSSR count). The molecule has 0 aromatic heterocycles. The molecule has 1 N–H and O–H groups in total. The molecule has 0 saturated carbocycles. The largest absolute Gasteiger partial charge is 0.481 e. The molecule has 1 heterocycles. The van der Waals surface area contributed by atoms with Gasteiger partial charge in [-0.25, -0.2) is 4.79 Å². The van der Waals surface area contributed by atoms with Gasteiger partial charge in [0.25, 0.3) is 0 Å². The van der Waals surface area contributed by atoms with Gasteiger partial charge in [0.15, 0.2) is 0 Å². The molecule has 0 aliphatic carbocycles. The third kappa shape index (κ3) is 3.07. The van der Waals surface area contributed by atoms with E-state index in [9.17, 15) is 14.7 Å². The van der Waals surface area contributed by atoms with Crippen molar-refractivity contribution >= 4 is 17.7 Å². The molecule has 0 saturated heterocycles. The fraction of sp³-hybridized carbons (Fsp3) is 0.375. The summed E-state index contributed by atoms with van der Waals surface area (Å²) in [5.74, 6) is -1.54. The number of benzene rings is 1. The predicted molar refractivity (Wildman–Crippen MR) is 81.6 cm³/mol. The Morgan fingerprint density at radius 2 is 2.19 bits per heavy atom. The molecule has 1 aromatic carbocycles. The summed E-state index contributed by atoms with van der Waals surface area (Å²) >= 11 is 0. The molecule has 1 aliphatic rings. The Kier molecular flexibility index (Phi) is 4.62. The first-order valence-electron chi connectivity index (χ1n) is 7.01. The average Bonchev–Trinajstić information content (AvgIpc) is 2.86. The highest BCUT2D eigenvalue weighted by atomic mass is 16.4. The van der Waals surface area contributed by atoms with Crippen LogP contribution in [-0.4, -0.2) is 42.1 Å². The Hall–Kier alpha value is -2.30. The third-order valence-corrected chi connectivity index (χ3v) is 3.73. The molecular formula is C16H20N2O3. The van der Waals surface area contributed by atoms with E-state index in [0.29, 0.717) is 17.8 Å². The molecule has 5 heteroatoms. The number of anilines is 1. The van der Waals surface area contributed by atoms with Gasteiger partial charge in [-0.3, -0.25) is 9.69 Å². The molecule has 0 radical (unpaired) electrons. The first kappa shape index (κ1) is 15.1. The van der Waals surface area contributed by atoms with Crippen LogP contribution in [0.25, 0.3) is 0 Å². The van der Waals surface area contributed by atoms with Crippen molar-refractivity contribution in [2.24, 2.45) is 0 Å². The second-order valence-electron chi connectivity index (χ2n) is 5.20. The van der Waals surface area contributed by atoms with Gasteiger partial charge in [-0.2, -0.15) is 0 Å². The lowest BCUT2D eigenvalue weighted by molar-refractivity contribution is -0.138. The number of aliphatic carboxylic acids is 1. The van der Waals surface area contributed by atoms with Crippen molar-refractivity contribution in [3.63, 3.8) is 0 Å². The fourth-order valence-electron chi connectivity index (χ4n) is 2.57. The predicted octanol–water partition coefficient (Wildman–Crippen LogP) is 2.69. The fourth-order valence-corrected chi connectivity index (χ4v) is 2.57. The van der Waals surface area contributed by atoms with E-state index < -0.39 is 11.9 Å². The van der Waals surface area contributed by atoms with Crippen molar-refractivity contribution in [3.05, 3.63) is 42.5 Å². The zero-order valence-electron chi connectivity index (χ0n) is 12.2. The van der Waals surface area contributed by atoms with Gasteiger partial charge in [-0.05, 0) is 24.5 Å². The summed E-state index contributed by atoms with van der Waals surface area (Å²) < 4.78 is 0. The van der Waals surface area contributed by atoms with Crippen molar-refractivity contribution < 1.29 is 14.7 Å². The molecule has 1 atom stereocenters. The summed E-state index contributed by atoms with van der Waals surface area (Å²) in [5.41, 5.74) is 1.41. The van der Waals surface area contributed by atoms with Gasteiger partial charge in [0.1, 0.15) is 5.92 Å². The molecule has 21 heavy (non-hydrogen) atoms. The van der Waals surface area contributed by atoms with Gasteiger partial charge in [-0.15, -0.1) is 6.58 Å². The topological polar surface area (TPSA) is 60.9 Å². The second kappa shape index (κ2) is 6.43. The summed E-state index contributed by atoms with van der Waals surface area (Å²) in [6.07, 6.45) is 3.53. The van der Waals surface area contributed by atoms with E-state index in [1.807, 2.05) is 12.1 Å². The Labute approximate surface area is 124 Å². The number of carboxylic acid groups (broad SMARTS) is 1. The quantitative estimate of drug-likeness (QED) is 0.669. The average molecular weight is 288 g/mol. The molecular weight excluding hydrogens is 268 g/mol. The normalized spacial score (nSPS) is 16.4. The summed E-state index contributed by atoms with van der Waals surface area (Å²) in [4.78, 5) is 27.0. The molecule has 0 fully saturated rings. The van der Waals surface area contributed by atoms with Crippen LogP contribution < -0.4 is 4.90 Å². The van der Waals surface area contributed by atoms with Crippen molar-refractivity contribution in [2.45, 2.75) is 18.8 Å². The van der Waals surface area contributed by atoms with E-state index in [0.717, 1.165) is 12.8 Å². The van der Waals surface area contributed by atoms with Crippen molar-refractivity contribution in [1.29, 1.82) is 0 Å². The van der Waals surface area contributed by atoms with E-state index in [4.69, 9.17) is 0 Å². The summed E-state index contributed by atoms with van der Waals surface area (Å²) in [7, 11) is 1.74. The molecule has 1 aromatic rings. The Morgan fingerprint density at radius 1 is 1.48 bits per heavy atom. The zero-order valence-corrected chi connectivity index (χ0v) is 12.2. The van der Waals surface area contributed by atoms with Crippen molar-refractivity contribution in [3.8, 4) is 0 Å². The number of amides is 2. The van der Waals surface area contributed by atoms with Crippen molar-refractivity contribution in [1.82, 2.24) is 4.90 Å². The molecule has 1 unspecified atom stereocenters. The Morgan fingerprint density at radius 3 is 2.86 bits per heavy atom. The van der Waals surface area contributed by atoms with Crippen LogP contribution >= 0.6 is 0 Å². The lowest BCUT2D eigenvalue weighted by Gasteiger charge is -2.25. The van der Waals surface area contributed by atoms with Gasteiger partial charge in [0.2, 0.25) is 0 Å². The highest BCUT2D eigenvalue weighted by molar-refractivity contribution is 5.97. The number of unbranched alkanes of at least 4 members (excludes halogenated alkanes) is 1. The van der Waals surface area contributed by atoms with Gasteiger partial charge in [-0.1, -0.05) is 24.3 Å². The number of carbonyl (C=O) groups is 2. The standard InChI is InChI=1S/C16H20N2O3/c1-3-4-7-10-17(2)16(21)18-11-13(15(19)20)12-8-5-6-9-14(12)18/h3,5-6,8-9,13H,1,4,7,10-11H2,2H3,(H,19,20). The maximum atomic E-state index is 12.5. The van der Waals surface area contributed by atoms with E-state index in [-0.39, 0.29) is 12.6 Å². The molecule has 112 valence electrons. The number of para-hydroxylation sites is 1. The van der Waals surface area contributed by atoms with Crippen LogP contribution in [0.15, 0.2) is 36.9 Å². The Balaban J connectivity index is 2.15. The minimum absolute atomic E-state index is 0.157. The highest BCUT2D eigenvalue weighted by Crippen LogP contribution is 2.36. The first-order chi connectivity index (χ1) is 10.1. The lowest BCUT2D eigenvalue weighted by atomic mass is 10.0. The van der Waals surface area contributed by atoms with Crippen LogP contribution in [0.1, 0.15) is 24.3 Å². The lowest BCUT2D eigenvalue weighted by Crippen LogP contribution is -2.41. The monoisotopic (exact) mass is 288 g/mol. The van der Waals surface area contributed by atoms with Crippen LogP contribution in [0.5, 0.6) is 0 Å². The number of urea groups is 1. The summed E-state index contributed by atoms with van der Waals surface area (Å²) in [5, 5.41) is 9.31. The molecule has 2 amide bonds. The molecule has 1 aliphatic heterocycles. The zero-order chi connectivity index (χ0) is 15.4. The maximum absolute atomic E-state index is 12.5. The van der Waals surface area contributed by atoms with Crippen LogP contribution in [-0.2, 0) is 4.79 Å². The van der Waals surface area contributed by atoms with Gasteiger partial charge in [0.05, 0.1) is 0 Å². The number of allylic oxidation sites excluding steroid dienone is 1. The number of hydrogen-bond donors (Lipinski definition) is 1.